The van der Waals surface area contributed by atoms with E-state index >= 15 is 0 Å². The molecule has 1 aliphatic rings. The molecule has 1 aromatic rings. The summed E-state index contributed by atoms with van der Waals surface area (Å²) in [7, 11) is 0. The van der Waals surface area contributed by atoms with Crippen LogP contribution in [0.4, 0.5) is 0 Å². The van der Waals surface area contributed by atoms with Crippen molar-refractivity contribution in [2.75, 3.05) is 52.9 Å². The van der Waals surface area contributed by atoms with Crippen molar-refractivity contribution < 1.29 is 23.7 Å². The molecule has 0 unspecified atom stereocenters. The zero-order valence-electron chi connectivity index (χ0n) is 13.5. The number of rotatable bonds is 1. The highest BCUT2D eigenvalue weighted by molar-refractivity contribution is 5.43. The molecule has 0 atom stereocenters. The second kappa shape index (κ2) is 9.66. The lowest BCUT2D eigenvalue weighted by Gasteiger charge is -2.15. The normalized spacial score (nSPS) is 18.5. The van der Waals surface area contributed by atoms with Crippen LogP contribution in [0, 0.1) is 0 Å². The summed E-state index contributed by atoms with van der Waals surface area (Å²) in [4.78, 5) is 0. The molecule has 5 heteroatoms. The van der Waals surface area contributed by atoms with E-state index in [2.05, 4.69) is 19.9 Å². The maximum absolute atomic E-state index is 5.82. The lowest BCUT2D eigenvalue weighted by Crippen LogP contribution is -2.13. The van der Waals surface area contributed by atoms with Gasteiger partial charge in [-0.25, -0.2) is 0 Å². The lowest BCUT2D eigenvalue weighted by molar-refractivity contribution is 0.00708. The predicted octanol–water partition coefficient (Wildman–Crippen LogP) is 2.63. The molecule has 124 valence electrons. The molecule has 2 rings (SSSR count). The van der Waals surface area contributed by atoms with Crippen LogP contribution in [0.25, 0.3) is 0 Å². The van der Waals surface area contributed by atoms with E-state index in [4.69, 9.17) is 23.7 Å². The first-order valence-electron chi connectivity index (χ1n) is 7.90. The van der Waals surface area contributed by atoms with Crippen LogP contribution in [0.5, 0.6) is 11.5 Å². The van der Waals surface area contributed by atoms with Gasteiger partial charge < -0.3 is 23.7 Å². The Morgan fingerprint density at radius 1 is 0.682 bits per heavy atom. The van der Waals surface area contributed by atoms with Gasteiger partial charge in [-0.1, -0.05) is 19.9 Å². The van der Waals surface area contributed by atoms with Gasteiger partial charge in [0.05, 0.1) is 39.6 Å². The molecule has 0 amide bonds. The summed E-state index contributed by atoms with van der Waals surface area (Å²) in [5.74, 6) is 1.96. The van der Waals surface area contributed by atoms with Gasteiger partial charge in [-0.2, -0.15) is 0 Å². The molecule has 22 heavy (non-hydrogen) atoms. The highest BCUT2D eigenvalue weighted by atomic mass is 16.6. The van der Waals surface area contributed by atoms with Crippen LogP contribution in [0.1, 0.15) is 25.3 Å². The number of fused-ring (bicyclic) bond motifs is 1. The van der Waals surface area contributed by atoms with Crippen LogP contribution in [0.2, 0.25) is 0 Å². The molecule has 5 nitrogen and oxygen atoms in total. The number of hydrogen-bond donors (Lipinski definition) is 0. The van der Waals surface area contributed by atoms with Crippen LogP contribution >= 0.6 is 0 Å². The smallest absolute Gasteiger partial charge is 0.161 e. The van der Waals surface area contributed by atoms with Crippen molar-refractivity contribution in [2.45, 2.75) is 19.8 Å². The Labute approximate surface area is 132 Å². The molecule has 0 aromatic heterocycles. The van der Waals surface area contributed by atoms with Crippen molar-refractivity contribution in [3.63, 3.8) is 0 Å². The average Bonchev–Trinajstić information content (AvgIpc) is 2.52. The quantitative estimate of drug-likeness (QED) is 0.798. The molecular formula is C17H26O5. The Balaban J connectivity index is 2.01. The maximum Gasteiger partial charge on any atom is 0.161 e. The molecule has 0 aliphatic carbocycles. The highest BCUT2D eigenvalue weighted by Crippen LogP contribution is 2.31. The van der Waals surface area contributed by atoms with Gasteiger partial charge in [0.1, 0.15) is 13.2 Å². The molecule has 1 heterocycles. The molecule has 0 fully saturated rings. The summed E-state index contributed by atoms with van der Waals surface area (Å²) < 4.78 is 27.9. The van der Waals surface area contributed by atoms with Crippen LogP contribution in [0.3, 0.4) is 0 Å². The summed E-state index contributed by atoms with van der Waals surface area (Å²) in [6, 6.07) is 6.08. The average molecular weight is 310 g/mol. The van der Waals surface area contributed by atoms with Crippen LogP contribution < -0.4 is 9.47 Å². The third-order valence-corrected chi connectivity index (χ3v) is 3.35. The Bertz CT molecular complexity index is 433. The van der Waals surface area contributed by atoms with E-state index in [1.54, 1.807) is 0 Å². The zero-order valence-corrected chi connectivity index (χ0v) is 13.5. The third kappa shape index (κ3) is 5.83. The zero-order chi connectivity index (χ0) is 15.6. The standard InChI is InChI=1S/C17H26O5/c1-14(2)15-3-4-16-17(13-15)22-12-10-20-8-6-18-5-7-19-9-11-21-16/h3-4,13-14H,5-12H2,1-2H3. The van der Waals surface area contributed by atoms with Gasteiger partial charge in [0, 0.05) is 0 Å². The van der Waals surface area contributed by atoms with Crippen molar-refractivity contribution in [1.29, 1.82) is 0 Å². The van der Waals surface area contributed by atoms with Crippen LogP contribution in [0.15, 0.2) is 18.2 Å². The minimum Gasteiger partial charge on any atom is -0.487 e. The van der Waals surface area contributed by atoms with Gasteiger partial charge in [0.2, 0.25) is 0 Å². The molecule has 0 saturated carbocycles. The second-order valence-corrected chi connectivity index (χ2v) is 5.39. The fourth-order valence-corrected chi connectivity index (χ4v) is 2.08. The Morgan fingerprint density at radius 2 is 1.18 bits per heavy atom. The van der Waals surface area contributed by atoms with Gasteiger partial charge in [-0.15, -0.1) is 0 Å². The third-order valence-electron chi connectivity index (χ3n) is 3.35. The topological polar surface area (TPSA) is 46.2 Å². The lowest BCUT2D eigenvalue weighted by atomic mass is 10.0. The second-order valence-electron chi connectivity index (χ2n) is 5.39. The fourth-order valence-electron chi connectivity index (χ4n) is 2.08. The van der Waals surface area contributed by atoms with Gasteiger partial charge in [0.15, 0.2) is 11.5 Å². The summed E-state index contributed by atoms with van der Waals surface area (Å²) >= 11 is 0. The van der Waals surface area contributed by atoms with Crippen molar-refractivity contribution in [1.82, 2.24) is 0 Å². The van der Waals surface area contributed by atoms with E-state index in [0.717, 1.165) is 11.5 Å². The van der Waals surface area contributed by atoms with E-state index in [-0.39, 0.29) is 0 Å². The molecule has 0 spiro atoms. The van der Waals surface area contributed by atoms with Crippen LogP contribution in [-0.4, -0.2) is 52.9 Å². The van der Waals surface area contributed by atoms with Crippen molar-refractivity contribution >= 4 is 0 Å². The molecule has 0 radical (unpaired) electrons. The molecule has 1 aliphatic heterocycles. The fraction of sp³-hybridized carbons (Fsp3) is 0.647. The maximum atomic E-state index is 5.82. The Kier molecular flexibility index (Phi) is 7.49. The van der Waals surface area contributed by atoms with E-state index in [0.29, 0.717) is 58.8 Å². The van der Waals surface area contributed by atoms with E-state index < -0.39 is 0 Å². The van der Waals surface area contributed by atoms with Crippen molar-refractivity contribution in [3.05, 3.63) is 23.8 Å². The first kappa shape index (κ1) is 17.1. The molecule has 0 saturated heterocycles. The Morgan fingerprint density at radius 3 is 1.73 bits per heavy atom. The summed E-state index contributed by atoms with van der Waals surface area (Å²) in [6.45, 7) is 8.66. The number of ether oxygens (including phenoxy) is 5. The first-order chi connectivity index (χ1) is 10.8. The summed E-state index contributed by atoms with van der Waals surface area (Å²) in [6.07, 6.45) is 0. The van der Waals surface area contributed by atoms with Gasteiger partial charge in [-0.3, -0.25) is 0 Å². The van der Waals surface area contributed by atoms with Gasteiger partial charge >= 0.3 is 0 Å². The summed E-state index contributed by atoms with van der Waals surface area (Å²) in [5.41, 5.74) is 1.23. The largest absolute Gasteiger partial charge is 0.487 e. The van der Waals surface area contributed by atoms with E-state index in [1.807, 2.05) is 12.1 Å². The first-order valence-corrected chi connectivity index (χ1v) is 7.90. The SMILES string of the molecule is CC(C)c1ccc2c(c1)OCCOCCOCCOCCO2. The molecule has 0 N–H and O–H groups in total. The van der Waals surface area contributed by atoms with E-state index in [9.17, 15) is 0 Å². The summed E-state index contributed by atoms with van der Waals surface area (Å²) in [5, 5.41) is 0. The number of benzene rings is 1. The van der Waals surface area contributed by atoms with Gasteiger partial charge in [-0.05, 0) is 23.6 Å². The monoisotopic (exact) mass is 310 g/mol. The van der Waals surface area contributed by atoms with Crippen LogP contribution in [-0.2, 0) is 14.2 Å². The van der Waals surface area contributed by atoms with Crippen molar-refractivity contribution in [2.24, 2.45) is 0 Å². The van der Waals surface area contributed by atoms with Crippen molar-refractivity contribution in [3.8, 4) is 11.5 Å². The predicted molar refractivity (Wildman–Crippen MR) is 84.0 cm³/mol. The minimum atomic E-state index is 0.447. The van der Waals surface area contributed by atoms with Gasteiger partial charge in [0.25, 0.3) is 0 Å². The molecule has 0 bridgehead atoms. The van der Waals surface area contributed by atoms with E-state index in [1.165, 1.54) is 5.56 Å². The number of hydrogen-bond acceptors (Lipinski definition) is 5. The molecular weight excluding hydrogens is 284 g/mol. The minimum absolute atomic E-state index is 0.447. The molecule has 1 aromatic carbocycles. The Hall–Kier alpha value is -1.30. The highest BCUT2D eigenvalue weighted by Gasteiger charge is 2.09.